The van der Waals surface area contributed by atoms with Crippen LogP contribution in [0.3, 0.4) is 0 Å². The first kappa shape index (κ1) is 20.9. The molecule has 0 bridgehead atoms. The number of ether oxygens (including phenoxy) is 1. The highest BCUT2D eigenvalue weighted by atomic mass is 16.5. The Morgan fingerprint density at radius 2 is 1.91 bits per heavy atom. The average Bonchev–Trinajstić information content (AvgIpc) is 3.32. The number of Topliss-reactive ketones (excluding diaryl/α,β-unsaturated/α-hetero) is 1. The minimum atomic E-state index is -0.356. The van der Waals surface area contributed by atoms with Gasteiger partial charge in [0.1, 0.15) is 29.9 Å². The number of benzene rings is 2. The molecule has 1 aromatic heterocycles. The monoisotopic (exact) mass is 443 g/mol. The zero-order valence-electron chi connectivity index (χ0n) is 18.3. The molecule has 2 N–H and O–H groups in total. The topological polar surface area (TPSA) is 102 Å². The smallest absolute Gasteiger partial charge is 0.222 e. The fourth-order valence-corrected chi connectivity index (χ4v) is 4.51. The van der Waals surface area contributed by atoms with Crippen molar-refractivity contribution in [2.24, 2.45) is 4.99 Å². The zero-order chi connectivity index (χ0) is 22.8. The second-order valence-electron chi connectivity index (χ2n) is 8.18. The van der Waals surface area contributed by atoms with Gasteiger partial charge in [0.2, 0.25) is 5.95 Å². The molecule has 0 saturated heterocycles. The number of aliphatic hydroxyl groups excluding tert-OH is 1. The Morgan fingerprint density at radius 3 is 2.64 bits per heavy atom. The maximum atomic E-state index is 12.4. The van der Waals surface area contributed by atoms with Crippen LogP contribution in [0.25, 0.3) is 0 Å². The number of hydrogen-bond acceptors (Lipinski definition) is 7. The Kier molecular flexibility index (Phi) is 5.64. The van der Waals surface area contributed by atoms with Gasteiger partial charge in [-0.15, -0.1) is 0 Å². The molecule has 2 aromatic carbocycles. The van der Waals surface area contributed by atoms with Crippen LogP contribution in [0.5, 0.6) is 5.75 Å². The van der Waals surface area contributed by atoms with E-state index in [1.54, 1.807) is 7.11 Å². The predicted octanol–water partition coefficient (Wildman–Crippen LogP) is 4.05. The van der Waals surface area contributed by atoms with Crippen LogP contribution in [-0.4, -0.2) is 45.0 Å². The van der Waals surface area contributed by atoms with Gasteiger partial charge in [0, 0.05) is 19.1 Å². The van der Waals surface area contributed by atoms with E-state index in [1.807, 2.05) is 59.3 Å². The van der Waals surface area contributed by atoms with Crippen LogP contribution in [0.1, 0.15) is 42.5 Å². The maximum absolute atomic E-state index is 12.4. The number of aliphatic hydroxyl groups is 1. The summed E-state index contributed by atoms with van der Waals surface area (Å²) in [6.45, 7) is 0. The van der Waals surface area contributed by atoms with Crippen LogP contribution in [0.4, 0.5) is 5.95 Å². The summed E-state index contributed by atoms with van der Waals surface area (Å²) in [7, 11) is 1.64. The van der Waals surface area contributed by atoms with E-state index in [0.717, 1.165) is 16.9 Å². The number of allylic oxidation sites excluding steroid dienone is 2. The number of carbonyl (C=O) groups is 1. The van der Waals surface area contributed by atoms with E-state index in [2.05, 4.69) is 15.4 Å². The summed E-state index contributed by atoms with van der Waals surface area (Å²) in [6, 6.07) is 17.0. The predicted molar refractivity (Wildman–Crippen MR) is 125 cm³/mol. The zero-order valence-corrected chi connectivity index (χ0v) is 18.3. The first-order valence-electron chi connectivity index (χ1n) is 11.0. The fraction of sp³-hybridized carbons (Fsp3) is 0.280. The van der Waals surface area contributed by atoms with Gasteiger partial charge < -0.3 is 15.2 Å². The van der Waals surface area contributed by atoms with E-state index in [4.69, 9.17) is 9.73 Å². The van der Waals surface area contributed by atoms with Crippen LogP contribution in [0.15, 0.2) is 77.2 Å². The molecular formula is C25H25N5O3. The molecule has 0 saturated carbocycles. The molecule has 0 radical (unpaired) electrons. The third-order valence-electron chi connectivity index (χ3n) is 6.21. The van der Waals surface area contributed by atoms with E-state index < -0.39 is 0 Å². The summed E-state index contributed by atoms with van der Waals surface area (Å²) >= 11 is 0. The normalized spacial score (nSPS) is 22.8. The highest BCUT2D eigenvalue weighted by Crippen LogP contribution is 2.40. The molecule has 5 rings (SSSR count). The van der Waals surface area contributed by atoms with Crippen LogP contribution in [0.2, 0.25) is 0 Å². The van der Waals surface area contributed by atoms with Gasteiger partial charge >= 0.3 is 0 Å². The van der Waals surface area contributed by atoms with E-state index in [0.29, 0.717) is 30.8 Å². The third kappa shape index (κ3) is 4.00. The van der Waals surface area contributed by atoms with Crippen molar-refractivity contribution in [2.75, 3.05) is 12.4 Å². The van der Waals surface area contributed by atoms with Crippen molar-refractivity contribution in [2.45, 2.75) is 37.4 Å². The van der Waals surface area contributed by atoms with Gasteiger partial charge in [-0.05, 0) is 29.7 Å². The number of carbonyl (C=O) groups excluding carboxylic acids is 1. The summed E-state index contributed by atoms with van der Waals surface area (Å²) < 4.78 is 7.15. The van der Waals surface area contributed by atoms with Gasteiger partial charge in [0.05, 0.1) is 18.7 Å². The number of hydrogen-bond donors (Lipinski definition) is 2. The van der Waals surface area contributed by atoms with Gasteiger partial charge in [0.15, 0.2) is 5.78 Å². The molecule has 0 unspecified atom stereocenters. The summed E-state index contributed by atoms with van der Waals surface area (Å²) in [5.74, 6) is 1.44. The molecule has 0 fully saturated rings. The van der Waals surface area contributed by atoms with Crippen LogP contribution in [0, 0.1) is 0 Å². The minimum absolute atomic E-state index is 0.0787. The summed E-state index contributed by atoms with van der Waals surface area (Å²) in [5.41, 5.74) is 2.33. The van der Waals surface area contributed by atoms with Crippen molar-refractivity contribution >= 4 is 17.9 Å². The molecule has 0 amide bonds. The van der Waals surface area contributed by atoms with E-state index >= 15 is 0 Å². The number of aliphatic imine (C=N–C) groups is 1. The SMILES string of the molecule is COc1ccc([C@@H]2Nc3ncnn3[C@H](c3ccccc3)[C@@H]2N=CC2=C(O)CCCC2=O)cc1. The summed E-state index contributed by atoms with van der Waals surface area (Å²) in [6.07, 6.45) is 4.64. The number of aromatic nitrogens is 3. The Hall–Kier alpha value is -3.94. The second kappa shape index (κ2) is 8.90. The highest BCUT2D eigenvalue weighted by molar-refractivity contribution is 6.14. The van der Waals surface area contributed by atoms with Crippen molar-refractivity contribution < 1.29 is 14.6 Å². The molecule has 3 aromatic rings. The lowest BCUT2D eigenvalue weighted by atomic mass is 9.88. The Labute approximate surface area is 191 Å². The largest absolute Gasteiger partial charge is 0.512 e. The van der Waals surface area contributed by atoms with E-state index in [-0.39, 0.29) is 29.7 Å². The molecule has 0 spiro atoms. The van der Waals surface area contributed by atoms with Crippen molar-refractivity contribution in [3.05, 3.63) is 83.4 Å². The Morgan fingerprint density at radius 1 is 1.12 bits per heavy atom. The number of anilines is 1. The molecule has 8 heteroatoms. The van der Waals surface area contributed by atoms with Crippen molar-refractivity contribution in [1.82, 2.24) is 14.8 Å². The number of rotatable bonds is 5. The van der Waals surface area contributed by atoms with Gasteiger partial charge in [-0.25, -0.2) is 4.68 Å². The lowest BCUT2D eigenvalue weighted by molar-refractivity contribution is -0.115. The molecule has 33 heavy (non-hydrogen) atoms. The molecule has 2 heterocycles. The Balaban J connectivity index is 1.62. The maximum Gasteiger partial charge on any atom is 0.222 e. The molecule has 1 aliphatic carbocycles. The third-order valence-corrected chi connectivity index (χ3v) is 6.21. The molecule has 2 aliphatic rings. The van der Waals surface area contributed by atoms with Crippen LogP contribution >= 0.6 is 0 Å². The van der Waals surface area contributed by atoms with Gasteiger partial charge in [-0.1, -0.05) is 42.5 Å². The van der Waals surface area contributed by atoms with Crippen LogP contribution < -0.4 is 10.1 Å². The fourth-order valence-electron chi connectivity index (χ4n) is 4.51. The number of nitrogens with zero attached hydrogens (tertiary/aromatic N) is 4. The van der Waals surface area contributed by atoms with Gasteiger partial charge in [0.25, 0.3) is 0 Å². The average molecular weight is 444 g/mol. The lowest BCUT2D eigenvalue weighted by Gasteiger charge is -2.37. The second-order valence-corrected chi connectivity index (χ2v) is 8.18. The van der Waals surface area contributed by atoms with E-state index in [1.165, 1.54) is 12.5 Å². The molecule has 1 aliphatic heterocycles. The molecule has 168 valence electrons. The van der Waals surface area contributed by atoms with Gasteiger partial charge in [-0.2, -0.15) is 10.1 Å². The summed E-state index contributed by atoms with van der Waals surface area (Å²) in [4.78, 5) is 21.8. The Bertz CT molecular complexity index is 1200. The van der Waals surface area contributed by atoms with Gasteiger partial charge in [-0.3, -0.25) is 9.79 Å². The number of methoxy groups -OCH3 is 1. The van der Waals surface area contributed by atoms with Crippen molar-refractivity contribution in [1.29, 1.82) is 0 Å². The van der Waals surface area contributed by atoms with Crippen molar-refractivity contribution in [3.63, 3.8) is 0 Å². The standard InChI is InChI=1S/C25H25N5O3/c1-33-18-12-10-16(11-13-18)22-23(26-14-19-20(31)8-5-9-21(19)32)24(17-6-3-2-4-7-17)30-25(29-22)27-15-28-30/h2-4,6-7,10-15,22-24,31H,5,8-9H2,1H3,(H,27,28,29)/t22-,23+,24+/m0/s1. The molecule has 3 atom stereocenters. The molecular weight excluding hydrogens is 418 g/mol. The number of fused-ring (bicyclic) bond motifs is 1. The van der Waals surface area contributed by atoms with Crippen molar-refractivity contribution in [3.8, 4) is 5.75 Å². The highest BCUT2D eigenvalue weighted by Gasteiger charge is 2.39. The quantitative estimate of drug-likeness (QED) is 0.577. The first-order valence-corrected chi connectivity index (χ1v) is 11.0. The molecule has 8 nitrogen and oxygen atoms in total. The summed E-state index contributed by atoms with van der Waals surface area (Å²) in [5, 5.41) is 18.3. The first-order chi connectivity index (χ1) is 16.2. The van der Waals surface area contributed by atoms with Crippen LogP contribution in [-0.2, 0) is 4.79 Å². The number of nitrogens with one attached hydrogen (secondary N) is 1. The lowest BCUT2D eigenvalue weighted by Crippen LogP contribution is -2.40. The minimum Gasteiger partial charge on any atom is -0.512 e. The number of ketones is 1. The van der Waals surface area contributed by atoms with E-state index in [9.17, 15) is 9.90 Å².